The van der Waals surface area contributed by atoms with Crippen LogP contribution in [0.3, 0.4) is 0 Å². The van der Waals surface area contributed by atoms with Crippen LogP contribution in [0.25, 0.3) is 0 Å². The number of hydrogen-bond acceptors (Lipinski definition) is 6. The summed E-state index contributed by atoms with van der Waals surface area (Å²) >= 11 is 0. The van der Waals surface area contributed by atoms with Gasteiger partial charge in [0, 0.05) is 23.2 Å². The number of ketones is 1. The van der Waals surface area contributed by atoms with Gasteiger partial charge in [-0.3, -0.25) is 14.5 Å². The van der Waals surface area contributed by atoms with Crippen LogP contribution in [0.2, 0.25) is 0 Å². The Balaban J connectivity index is 1.89. The molecule has 1 atom stereocenters. The van der Waals surface area contributed by atoms with Crippen LogP contribution in [0.15, 0.2) is 53.8 Å². The minimum absolute atomic E-state index is 0.0642. The highest BCUT2D eigenvalue weighted by molar-refractivity contribution is 6.17. The highest BCUT2D eigenvalue weighted by Crippen LogP contribution is 2.46. The molecule has 0 bridgehead atoms. The number of aliphatic hydroxyl groups is 1. The largest absolute Gasteiger partial charge is 0.503 e. The van der Waals surface area contributed by atoms with Crippen molar-refractivity contribution in [3.8, 4) is 17.2 Å². The molecule has 2 heterocycles. The van der Waals surface area contributed by atoms with E-state index in [2.05, 4.69) is 0 Å². The molecule has 0 saturated heterocycles. The molecule has 30 heavy (non-hydrogen) atoms. The number of Topliss-reactive ketones (excluding diaryl/α,β-unsaturated/α-hetero) is 1. The van der Waals surface area contributed by atoms with Gasteiger partial charge in [0.2, 0.25) is 0 Å². The van der Waals surface area contributed by atoms with Gasteiger partial charge in [-0.25, -0.2) is 0 Å². The van der Waals surface area contributed by atoms with Gasteiger partial charge in [-0.15, -0.1) is 0 Å². The fraction of sp³-hybridized carbons (Fsp3) is 0.304. The molecule has 7 heteroatoms. The number of hydrogen-bond donors (Lipinski definition) is 1. The minimum Gasteiger partial charge on any atom is -0.503 e. The monoisotopic (exact) mass is 409 g/mol. The number of aliphatic hydroxyl groups excluding tert-OH is 1. The highest BCUT2D eigenvalue weighted by Gasteiger charge is 2.46. The number of carbonyl (C=O) groups excluding carboxylic acids is 2. The molecular formula is C23H23NO6. The zero-order valence-corrected chi connectivity index (χ0v) is 17.0. The van der Waals surface area contributed by atoms with Crippen LogP contribution >= 0.6 is 0 Å². The van der Waals surface area contributed by atoms with Gasteiger partial charge in [-0.1, -0.05) is 32.0 Å². The smallest absolute Gasteiger partial charge is 0.294 e. The highest BCUT2D eigenvalue weighted by atomic mass is 16.6. The fourth-order valence-electron chi connectivity index (χ4n) is 3.80. The van der Waals surface area contributed by atoms with E-state index in [0.717, 1.165) is 0 Å². The third-order valence-corrected chi connectivity index (χ3v) is 5.24. The number of ether oxygens (including phenoxy) is 3. The van der Waals surface area contributed by atoms with Crippen LogP contribution in [-0.2, 0) is 9.59 Å². The fourth-order valence-corrected chi connectivity index (χ4v) is 3.80. The molecule has 0 radical (unpaired) electrons. The van der Waals surface area contributed by atoms with E-state index >= 15 is 0 Å². The van der Waals surface area contributed by atoms with E-state index < -0.39 is 23.6 Å². The van der Waals surface area contributed by atoms with Crippen LogP contribution in [0.4, 0.5) is 5.69 Å². The van der Waals surface area contributed by atoms with Crippen LogP contribution in [-0.4, -0.2) is 37.1 Å². The summed E-state index contributed by atoms with van der Waals surface area (Å²) in [4.78, 5) is 27.6. The molecule has 1 N–H and O–H groups in total. The maximum absolute atomic E-state index is 13.1. The Morgan fingerprint density at radius 2 is 1.83 bits per heavy atom. The Labute approximate surface area is 174 Å². The lowest BCUT2D eigenvalue weighted by atomic mass is 9.90. The Morgan fingerprint density at radius 1 is 1.13 bits per heavy atom. The Bertz CT molecular complexity index is 1040. The summed E-state index contributed by atoms with van der Waals surface area (Å²) < 4.78 is 16.7. The maximum Gasteiger partial charge on any atom is 0.294 e. The second-order valence-corrected chi connectivity index (χ2v) is 7.43. The number of rotatable bonds is 5. The molecule has 7 nitrogen and oxygen atoms in total. The van der Waals surface area contributed by atoms with Crippen molar-refractivity contribution in [3.05, 3.63) is 59.4 Å². The summed E-state index contributed by atoms with van der Waals surface area (Å²) in [5, 5.41) is 10.7. The molecule has 4 rings (SSSR count). The van der Waals surface area contributed by atoms with Gasteiger partial charge in [-0.2, -0.15) is 0 Å². The Morgan fingerprint density at radius 3 is 2.53 bits per heavy atom. The lowest BCUT2D eigenvalue weighted by molar-refractivity contribution is -0.119. The SMILES string of the molecule is COc1ccccc1C1C(C(=O)C(C)C)=C(O)C(=O)N1c1ccc2c(c1)OCCO2. The van der Waals surface area contributed by atoms with E-state index in [1.165, 1.54) is 12.0 Å². The van der Waals surface area contributed by atoms with E-state index in [0.29, 0.717) is 41.7 Å². The molecule has 1 amide bonds. The number of nitrogens with zero attached hydrogens (tertiary/aromatic N) is 1. The number of methoxy groups -OCH3 is 1. The number of amides is 1. The molecule has 0 saturated carbocycles. The topological polar surface area (TPSA) is 85.3 Å². The predicted molar refractivity (Wildman–Crippen MR) is 110 cm³/mol. The predicted octanol–water partition coefficient (Wildman–Crippen LogP) is 3.59. The summed E-state index contributed by atoms with van der Waals surface area (Å²) in [5.74, 6) is -0.272. The van der Waals surface area contributed by atoms with Crippen molar-refractivity contribution in [1.29, 1.82) is 0 Å². The lowest BCUT2D eigenvalue weighted by Gasteiger charge is -2.29. The molecular weight excluding hydrogens is 386 g/mol. The van der Waals surface area contributed by atoms with Gasteiger partial charge in [0.05, 0.1) is 18.7 Å². The van der Waals surface area contributed by atoms with Crippen LogP contribution in [0, 0.1) is 5.92 Å². The quantitative estimate of drug-likeness (QED) is 0.812. The van der Waals surface area contributed by atoms with Crippen LogP contribution in [0.5, 0.6) is 17.2 Å². The van der Waals surface area contributed by atoms with Gasteiger partial charge >= 0.3 is 0 Å². The molecule has 0 aromatic heterocycles. The van der Waals surface area contributed by atoms with E-state index in [-0.39, 0.29) is 11.4 Å². The summed E-state index contributed by atoms with van der Waals surface area (Å²) in [6, 6.07) is 11.4. The summed E-state index contributed by atoms with van der Waals surface area (Å²) in [6.07, 6.45) is 0. The Kier molecular flexibility index (Phi) is 5.11. The van der Waals surface area contributed by atoms with Crippen molar-refractivity contribution in [2.24, 2.45) is 5.92 Å². The third-order valence-electron chi connectivity index (χ3n) is 5.24. The lowest BCUT2D eigenvalue weighted by Crippen LogP contribution is -2.32. The molecule has 0 spiro atoms. The Hall–Kier alpha value is -3.48. The zero-order valence-electron chi connectivity index (χ0n) is 17.0. The molecule has 2 aromatic carbocycles. The summed E-state index contributed by atoms with van der Waals surface area (Å²) in [5.41, 5.74) is 1.16. The normalized spacial score (nSPS) is 18.2. The molecule has 0 fully saturated rings. The first-order chi connectivity index (χ1) is 14.4. The first-order valence-corrected chi connectivity index (χ1v) is 9.77. The van der Waals surface area contributed by atoms with Crippen LogP contribution in [0.1, 0.15) is 25.5 Å². The van der Waals surface area contributed by atoms with Crippen molar-refractivity contribution in [1.82, 2.24) is 0 Å². The van der Waals surface area contributed by atoms with Crippen molar-refractivity contribution in [2.75, 3.05) is 25.2 Å². The van der Waals surface area contributed by atoms with Gasteiger partial charge in [0.15, 0.2) is 23.0 Å². The van der Waals surface area contributed by atoms with Crippen molar-refractivity contribution >= 4 is 17.4 Å². The molecule has 2 aliphatic heterocycles. The second kappa shape index (κ2) is 7.74. The number of para-hydroxylation sites is 1. The van der Waals surface area contributed by atoms with Crippen LogP contribution < -0.4 is 19.1 Å². The van der Waals surface area contributed by atoms with Gasteiger partial charge in [-0.05, 0) is 18.2 Å². The summed E-state index contributed by atoms with van der Waals surface area (Å²) in [6.45, 7) is 4.33. The first kappa shape index (κ1) is 19.8. The molecule has 0 aliphatic carbocycles. The molecule has 2 aromatic rings. The van der Waals surface area contributed by atoms with Gasteiger partial charge < -0.3 is 19.3 Å². The molecule has 156 valence electrons. The third kappa shape index (κ3) is 3.16. The average Bonchev–Trinajstić information content (AvgIpc) is 3.03. The van der Waals surface area contributed by atoms with E-state index in [4.69, 9.17) is 14.2 Å². The number of benzene rings is 2. The number of carbonyl (C=O) groups is 2. The van der Waals surface area contributed by atoms with Crippen molar-refractivity contribution < 1.29 is 28.9 Å². The van der Waals surface area contributed by atoms with E-state index in [1.54, 1.807) is 56.3 Å². The second-order valence-electron chi connectivity index (χ2n) is 7.43. The maximum atomic E-state index is 13.1. The molecule has 1 unspecified atom stereocenters. The average molecular weight is 409 g/mol. The van der Waals surface area contributed by atoms with Crippen molar-refractivity contribution in [2.45, 2.75) is 19.9 Å². The van der Waals surface area contributed by atoms with Crippen molar-refractivity contribution in [3.63, 3.8) is 0 Å². The first-order valence-electron chi connectivity index (χ1n) is 9.77. The number of anilines is 1. The summed E-state index contributed by atoms with van der Waals surface area (Å²) in [7, 11) is 1.53. The standard InChI is InChI=1S/C23H23NO6/c1-13(2)21(25)19-20(15-6-4-5-7-16(15)28-3)24(23(27)22(19)26)14-8-9-17-18(12-14)30-11-10-29-17/h4-9,12-13,20,26H,10-11H2,1-3H3. The van der Waals surface area contributed by atoms with E-state index in [1.807, 2.05) is 0 Å². The minimum atomic E-state index is -0.828. The molecule has 2 aliphatic rings. The number of fused-ring (bicyclic) bond motifs is 1. The van der Waals surface area contributed by atoms with Gasteiger partial charge in [0.25, 0.3) is 5.91 Å². The van der Waals surface area contributed by atoms with E-state index in [9.17, 15) is 14.7 Å². The van der Waals surface area contributed by atoms with Gasteiger partial charge in [0.1, 0.15) is 19.0 Å². The zero-order chi connectivity index (χ0) is 21.4.